The average Bonchev–Trinajstić information content (AvgIpc) is 2.06. The van der Waals surface area contributed by atoms with Crippen molar-refractivity contribution in [1.29, 1.82) is 10.5 Å². The van der Waals surface area contributed by atoms with Crippen molar-refractivity contribution < 1.29 is 52.0 Å². The first-order valence-electron chi connectivity index (χ1n) is 29.4. The van der Waals surface area contributed by atoms with Crippen molar-refractivity contribution in [3.05, 3.63) is 132 Å². The van der Waals surface area contributed by atoms with E-state index in [2.05, 4.69) is 51.3 Å². The number of likely N-dealkylation sites (N-methyl/N-ethyl adjacent to an activating group) is 2. The molecule has 4 aromatic carbocycles. The molecule has 12 rings (SSSR count). The molecule has 4 N–H and O–H groups in total. The quantitative estimate of drug-likeness (QED) is 0.0766. The number of aromatic carboxylic acids is 1. The number of nitrogens with zero attached hydrogens (tertiary/aromatic N) is 6. The summed E-state index contributed by atoms with van der Waals surface area (Å²) in [5.41, 5.74) is 14.5. The first-order chi connectivity index (χ1) is 42.1. The summed E-state index contributed by atoms with van der Waals surface area (Å²) < 4.78 is 46.7. The molecule has 2 aliphatic carbocycles. The van der Waals surface area contributed by atoms with E-state index in [4.69, 9.17) is 43.0 Å². The molecule has 0 bridgehead atoms. The molecule has 87 heavy (non-hydrogen) atoms. The summed E-state index contributed by atoms with van der Waals surface area (Å²) in [4.78, 5) is 37.8. The van der Waals surface area contributed by atoms with Crippen molar-refractivity contribution >= 4 is 34.1 Å². The standard InChI is InChI=1S/C34H36N4O5.C27H22N2O6.C7H16N2/c1-38(2)21-34(12-4-13-34)37-33(39)23-5-7-27(30(18-23)40-3)31-19-28-32(43-31)26(9-14-36-28)22-6-8-29(24(17-22)20-35)42-25-10-15-41-16-11-25;1-32-24-13-17(27(30)31)2-4-21(24)25-14-22-26(35-25)20(6-9-29-22)16-3-5-23(18(12-16)15-28)34-19-7-10-33-11-8-19;1-9(2)6-7(8)4-3-5-7/h5-9,14,17-19,25H,4,10-13,15-16,21H2,1-3H3,(H,37,39);2-6,9,12-14,19H,7-8,10-11H2,1H3,(H,30,31);3-6,8H2,1-2H3. The van der Waals surface area contributed by atoms with Gasteiger partial charge in [0, 0.05) is 85.5 Å². The van der Waals surface area contributed by atoms with Crippen LogP contribution in [0.1, 0.15) is 96.1 Å². The number of methoxy groups -OCH3 is 2. The molecule has 6 heterocycles. The molecule has 4 aliphatic rings. The zero-order valence-electron chi connectivity index (χ0n) is 50.2. The molecule has 1 amide bonds. The molecule has 2 aliphatic heterocycles. The number of aromatic nitrogens is 2. The predicted octanol–water partition coefficient (Wildman–Crippen LogP) is 11.5. The van der Waals surface area contributed by atoms with Crippen LogP contribution in [0.4, 0.5) is 0 Å². The highest BCUT2D eigenvalue weighted by atomic mass is 16.5. The Hall–Kier alpha value is -8.82. The van der Waals surface area contributed by atoms with Gasteiger partial charge in [-0.3, -0.25) is 14.8 Å². The second kappa shape index (κ2) is 27.3. The Balaban J connectivity index is 0.000000171. The van der Waals surface area contributed by atoms with Gasteiger partial charge in [0.25, 0.3) is 5.91 Å². The number of hydrogen-bond donors (Lipinski definition) is 3. The van der Waals surface area contributed by atoms with Gasteiger partial charge in [-0.05, 0) is 151 Å². The second-order valence-electron chi connectivity index (χ2n) is 23.3. The van der Waals surface area contributed by atoms with Crippen molar-refractivity contribution in [1.82, 2.24) is 25.1 Å². The zero-order chi connectivity index (χ0) is 61.2. The topological polar surface area (TPSA) is 254 Å². The number of carbonyl (C=O) groups excluding carboxylic acids is 1. The number of fused-ring (bicyclic) bond motifs is 2. The van der Waals surface area contributed by atoms with Gasteiger partial charge in [0.05, 0.1) is 74.0 Å². The summed E-state index contributed by atoms with van der Waals surface area (Å²) in [6, 6.07) is 33.0. The number of ether oxygens (including phenoxy) is 6. The number of carboxylic acids is 1. The smallest absolute Gasteiger partial charge is 0.335 e. The minimum absolute atomic E-state index is 0.0319. The van der Waals surface area contributed by atoms with Crippen molar-refractivity contribution in [2.24, 2.45) is 5.73 Å². The normalized spacial score (nSPS) is 16.2. The van der Waals surface area contributed by atoms with Crippen LogP contribution < -0.4 is 30.0 Å². The first-order valence-corrected chi connectivity index (χ1v) is 29.4. The van der Waals surface area contributed by atoms with Gasteiger partial charge in [0.15, 0.2) is 11.2 Å². The van der Waals surface area contributed by atoms with E-state index in [0.29, 0.717) is 111 Å². The molecule has 19 heteroatoms. The van der Waals surface area contributed by atoms with Crippen LogP contribution in [-0.4, -0.2) is 142 Å². The Morgan fingerprint density at radius 3 is 1.46 bits per heavy atom. The summed E-state index contributed by atoms with van der Waals surface area (Å²) in [5, 5.41) is 32.2. The molecule has 2 saturated heterocycles. The monoisotopic (exact) mass is 1180 g/mol. The van der Waals surface area contributed by atoms with Gasteiger partial charge in [-0.25, -0.2) is 4.79 Å². The van der Waals surface area contributed by atoms with Crippen LogP contribution in [0.5, 0.6) is 23.0 Å². The predicted molar refractivity (Wildman–Crippen MR) is 330 cm³/mol. The van der Waals surface area contributed by atoms with E-state index in [9.17, 15) is 25.2 Å². The summed E-state index contributed by atoms with van der Waals surface area (Å²) in [5.74, 6) is 1.95. The Morgan fingerprint density at radius 1 is 0.609 bits per heavy atom. The number of nitriles is 2. The molecular formula is C68H74N8O11. The molecule has 0 unspecified atom stereocenters. The van der Waals surface area contributed by atoms with Crippen LogP contribution in [0.3, 0.4) is 0 Å². The number of carbonyl (C=O) groups is 2. The van der Waals surface area contributed by atoms with Gasteiger partial charge in [0.1, 0.15) is 69.9 Å². The number of carboxylic acid groups (broad SMARTS) is 1. The van der Waals surface area contributed by atoms with Gasteiger partial charge >= 0.3 is 5.97 Å². The summed E-state index contributed by atoms with van der Waals surface area (Å²) in [6.45, 7) is 4.50. The van der Waals surface area contributed by atoms with E-state index >= 15 is 0 Å². The number of nitrogens with two attached hydrogens (primary N) is 1. The van der Waals surface area contributed by atoms with Gasteiger partial charge in [-0.15, -0.1) is 0 Å². The maximum absolute atomic E-state index is 13.2. The minimum atomic E-state index is -1.04. The van der Waals surface area contributed by atoms with E-state index in [-0.39, 0.29) is 34.8 Å². The summed E-state index contributed by atoms with van der Waals surface area (Å²) in [7, 11) is 11.3. The number of furan rings is 2. The maximum Gasteiger partial charge on any atom is 0.335 e. The molecule has 8 aromatic rings. The lowest BCUT2D eigenvalue weighted by atomic mass is 9.76. The molecule has 0 spiro atoms. The highest BCUT2D eigenvalue weighted by Gasteiger charge is 2.39. The number of hydrogen-bond acceptors (Lipinski definition) is 17. The largest absolute Gasteiger partial charge is 0.496 e. The lowest BCUT2D eigenvalue weighted by Gasteiger charge is -2.44. The highest BCUT2D eigenvalue weighted by molar-refractivity contribution is 5.98. The third-order valence-electron chi connectivity index (χ3n) is 16.3. The number of nitrogens with one attached hydrogen (secondary N) is 1. The van der Waals surface area contributed by atoms with Crippen LogP contribution in [0, 0.1) is 22.7 Å². The molecule has 4 aromatic heterocycles. The second-order valence-corrected chi connectivity index (χ2v) is 23.3. The molecule has 0 radical (unpaired) electrons. The van der Waals surface area contributed by atoms with Crippen LogP contribution in [0.15, 0.2) is 118 Å². The molecule has 452 valence electrons. The Bertz CT molecular complexity index is 3840. The Labute approximate surface area is 506 Å². The molecule has 19 nitrogen and oxygen atoms in total. The molecule has 2 saturated carbocycles. The minimum Gasteiger partial charge on any atom is -0.496 e. The molecule has 0 atom stereocenters. The van der Waals surface area contributed by atoms with Gasteiger partial charge in [0.2, 0.25) is 0 Å². The van der Waals surface area contributed by atoms with E-state index in [1.807, 2.05) is 68.7 Å². The van der Waals surface area contributed by atoms with E-state index in [0.717, 1.165) is 80.3 Å². The van der Waals surface area contributed by atoms with Crippen molar-refractivity contribution in [2.75, 3.05) is 81.9 Å². The van der Waals surface area contributed by atoms with Crippen molar-refractivity contribution in [3.63, 3.8) is 0 Å². The lowest BCUT2D eigenvalue weighted by Crippen LogP contribution is -2.58. The highest BCUT2D eigenvalue weighted by Crippen LogP contribution is 2.42. The fourth-order valence-corrected chi connectivity index (χ4v) is 11.6. The fourth-order valence-electron chi connectivity index (χ4n) is 11.6. The number of rotatable bonds is 17. The van der Waals surface area contributed by atoms with E-state index in [1.165, 1.54) is 38.5 Å². The van der Waals surface area contributed by atoms with Gasteiger partial charge < -0.3 is 63.2 Å². The Kier molecular flexibility index (Phi) is 19.2. The third kappa shape index (κ3) is 14.4. The maximum atomic E-state index is 13.2. The average molecular weight is 1180 g/mol. The van der Waals surface area contributed by atoms with Crippen LogP contribution >= 0.6 is 0 Å². The number of pyridine rings is 2. The van der Waals surface area contributed by atoms with Gasteiger partial charge in [-0.2, -0.15) is 10.5 Å². The first kappa shape index (κ1) is 61.3. The van der Waals surface area contributed by atoms with Crippen molar-refractivity contribution in [3.8, 4) is 80.0 Å². The third-order valence-corrected chi connectivity index (χ3v) is 16.3. The fraction of sp³-hybridized carbons (Fsp3) is 0.382. The summed E-state index contributed by atoms with van der Waals surface area (Å²) >= 11 is 0. The van der Waals surface area contributed by atoms with Crippen LogP contribution in [-0.2, 0) is 9.47 Å². The van der Waals surface area contributed by atoms with Crippen LogP contribution in [0.25, 0.3) is 67.1 Å². The lowest BCUT2D eigenvalue weighted by molar-refractivity contribution is 0.0252. The van der Waals surface area contributed by atoms with Gasteiger partial charge in [-0.1, -0.05) is 12.1 Å². The number of amides is 1. The van der Waals surface area contributed by atoms with E-state index < -0.39 is 5.97 Å². The summed E-state index contributed by atoms with van der Waals surface area (Å²) in [6.07, 6.45) is 13.5. The van der Waals surface area contributed by atoms with E-state index in [1.54, 1.807) is 49.8 Å². The number of benzene rings is 4. The van der Waals surface area contributed by atoms with Crippen LogP contribution in [0.2, 0.25) is 0 Å². The zero-order valence-corrected chi connectivity index (χ0v) is 50.2. The molecule has 4 fully saturated rings. The van der Waals surface area contributed by atoms with Crippen molar-refractivity contribution in [2.45, 2.75) is 87.5 Å². The SMILES string of the molecule is CN(C)CC1(N)CCC1.COc1cc(C(=O)NC2(CN(C)C)CCC2)ccc1-c1cc2nccc(-c3ccc(OC4CCOCC4)c(C#N)c3)c2o1.COc1cc(C(=O)O)ccc1-c1cc2nccc(-c3ccc(OC4CCOCC4)c(C#N)c3)c2o1. The molecular weight excluding hydrogens is 1100 g/mol. The Morgan fingerprint density at radius 2 is 1.07 bits per heavy atom.